The SMILES string of the molecule is CCc1ccccc1N=NSN(C=O)SN=Nc1ccccc1CC. The molecule has 0 aliphatic carbocycles. The monoisotopic (exact) mass is 373 g/mol. The molecule has 0 aromatic heterocycles. The molecule has 0 atom stereocenters. The Labute approximate surface area is 156 Å². The maximum Gasteiger partial charge on any atom is 0.232 e. The average molecular weight is 374 g/mol. The predicted molar refractivity (Wildman–Crippen MR) is 104 cm³/mol. The van der Waals surface area contributed by atoms with E-state index >= 15 is 0 Å². The zero-order chi connectivity index (χ0) is 17.9. The molecule has 0 saturated carbocycles. The first-order valence-corrected chi connectivity index (χ1v) is 9.31. The predicted octanol–water partition coefficient (Wildman–Crippen LogP) is 6.26. The first kappa shape index (κ1) is 19.1. The van der Waals surface area contributed by atoms with Crippen molar-refractivity contribution >= 4 is 42.1 Å². The quantitative estimate of drug-likeness (QED) is 0.296. The van der Waals surface area contributed by atoms with Gasteiger partial charge in [0.2, 0.25) is 6.41 Å². The zero-order valence-corrected chi connectivity index (χ0v) is 15.7. The molecule has 0 radical (unpaired) electrons. The van der Waals surface area contributed by atoms with Crippen molar-refractivity contribution in [1.82, 2.24) is 3.71 Å². The lowest BCUT2D eigenvalue weighted by Gasteiger charge is -2.05. The average Bonchev–Trinajstić information content (AvgIpc) is 2.67. The number of carbonyl (C=O) groups excluding carboxylic acids is 1. The normalized spacial score (nSPS) is 11.3. The van der Waals surface area contributed by atoms with Crippen LogP contribution in [0.4, 0.5) is 11.4 Å². The van der Waals surface area contributed by atoms with Gasteiger partial charge in [-0.15, -0.1) is 10.2 Å². The number of carbonyl (C=O) groups is 1. The van der Waals surface area contributed by atoms with E-state index in [0.717, 1.165) is 59.6 Å². The van der Waals surface area contributed by atoms with E-state index in [1.165, 1.54) is 3.71 Å². The van der Waals surface area contributed by atoms with Gasteiger partial charge in [-0.05, 0) is 36.1 Å². The second-order valence-corrected chi connectivity index (χ2v) is 6.55. The van der Waals surface area contributed by atoms with Crippen LogP contribution >= 0.6 is 24.3 Å². The molecule has 0 unspecified atom stereocenters. The van der Waals surface area contributed by atoms with Crippen molar-refractivity contribution in [3.05, 3.63) is 59.7 Å². The van der Waals surface area contributed by atoms with E-state index in [1.807, 2.05) is 48.5 Å². The van der Waals surface area contributed by atoms with Crippen molar-refractivity contribution in [3.8, 4) is 0 Å². The Bertz CT molecular complexity index is 692. The van der Waals surface area contributed by atoms with Gasteiger partial charge in [0.05, 0.1) is 11.4 Å². The first-order valence-electron chi connectivity index (χ1n) is 7.85. The summed E-state index contributed by atoms with van der Waals surface area (Å²) >= 11 is 1.83. The fraction of sp³-hybridized carbons (Fsp3) is 0.235. The molecule has 0 N–H and O–H groups in total. The van der Waals surface area contributed by atoms with Gasteiger partial charge in [0, 0.05) is 0 Å². The van der Waals surface area contributed by atoms with E-state index in [0.29, 0.717) is 6.41 Å². The molecule has 0 fully saturated rings. The summed E-state index contributed by atoms with van der Waals surface area (Å²) in [5.41, 5.74) is 3.81. The van der Waals surface area contributed by atoms with E-state index < -0.39 is 0 Å². The third-order valence-electron chi connectivity index (χ3n) is 3.36. The van der Waals surface area contributed by atoms with Crippen molar-refractivity contribution < 1.29 is 4.79 Å². The van der Waals surface area contributed by atoms with Gasteiger partial charge in [0.25, 0.3) is 0 Å². The maximum absolute atomic E-state index is 11.1. The summed E-state index contributed by atoms with van der Waals surface area (Å²) in [6.45, 7) is 4.12. The van der Waals surface area contributed by atoms with Gasteiger partial charge < -0.3 is 0 Å². The fourth-order valence-electron chi connectivity index (χ4n) is 2.06. The summed E-state index contributed by atoms with van der Waals surface area (Å²) < 4.78 is 9.24. The van der Waals surface area contributed by atoms with Crippen LogP contribution in [-0.4, -0.2) is 10.1 Å². The van der Waals surface area contributed by atoms with Gasteiger partial charge in [-0.2, -0.15) is 3.71 Å². The van der Waals surface area contributed by atoms with Crippen molar-refractivity contribution in [1.29, 1.82) is 0 Å². The molecule has 0 saturated heterocycles. The van der Waals surface area contributed by atoms with Gasteiger partial charge in [-0.3, -0.25) is 4.79 Å². The minimum atomic E-state index is 0.630. The summed E-state index contributed by atoms with van der Waals surface area (Å²) in [5, 5.41) is 8.32. The molecule has 0 heterocycles. The van der Waals surface area contributed by atoms with Gasteiger partial charge in [0.15, 0.2) is 0 Å². The molecule has 1 amide bonds. The van der Waals surface area contributed by atoms with Gasteiger partial charge >= 0.3 is 0 Å². The molecule has 2 aromatic rings. The molecule has 130 valence electrons. The Balaban J connectivity index is 1.93. The number of amides is 1. The van der Waals surface area contributed by atoms with Crippen molar-refractivity contribution in [2.24, 2.45) is 19.3 Å². The molecule has 0 aliphatic heterocycles. The van der Waals surface area contributed by atoms with Crippen LogP contribution in [0.3, 0.4) is 0 Å². The van der Waals surface area contributed by atoms with Crippen LogP contribution in [0, 0.1) is 0 Å². The summed E-state index contributed by atoms with van der Waals surface area (Å²) in [5.74, 6) is 0. The molecule has 0 spiro atoms. The molecule has 2 rings (SSSR count). The number of nitrogens with zero attached hydrogens (tertiary/aromatic N) is 5. The molecule has 2 aromatic carbocycles. The molecule has 25 heavy (non-hydrogen) atoms. The Morgan fingerprint density at radius 3 is 1.68 bits per heavy atom. The van der Waals surface area contributed by atoms with Gasteiger partial charge in [-0.25, -0.2) is 0 Å². The molecule has 8 heteroatoms. The maximum atomic E-state index is 11.1. The van der Waals surface area contributed by atoms with E-state index in [1.54, 1.807) is 0 Å². The third kappa shape index (κ3) is 5.99. The molecular formula is C17H19N5OS2. The smallest absolute Gasteiger partial charge is 0.232 e. The summed E-state index contributed by atoms with van der Waals surface area (Å²) in [4.78, 5) is 11.1. The number of benzene rings is 2. The number of hydrogen-bond donors (Lipinski definition) is 0. The number of hydrogen-bond acceptors (Lipinski definition) is 7. The summed E-state index contributed by atoms with van der Waals surface area (Å²) in [6, 6.07) is 15.5. The minimum Gasteiger partial charge on any atom is -0.277 e. The van der Waals surface area contributed by atoms with Crippen molar-refractivity contribution in [2.45, 2.75) is 26.7 Å². The lowest BCUT2D eigenvalue weighted by Crippen LogP contribution is -1.98. The second-order valence-electron chi connectivity index (χ2n) is 4.88. The lowest BCUT2D eigenvalue weighted by molar-refractivity contribution is -0.110. The van der Waals surface area contributed by atoms with E-state index in [2.05, 4.69) is 33.1 Å². The second kappa shape index (κ2) is 10.6. The molecule has 0 aliphatic rings. The van der Waals surface area contributed by atoms with Crippen LogP contribution in [0.2, 0.25) is 0 Å². The van der Waals surface area contributed by atoms with Crippen LogP contribution in [0.15, 0.2) is 67.8 Å². The fourth-order valence-corrected chi connectivity index (χ4v) is 2.83. The highest BCUT2D eigenvalue weighted by Crippen LogP contribution is 2.27. The Hall–Kier alpha value is -2.19. The minimum absolute atomic E-state index is 0.630. The highest BCUT2D eigenvalue weighted by atomic mass is 32.2. The summed E-state index contributed by atoms with van der Waals surface area (Å²) in [7, 11) is 0. The molecule has 0 bridgehead atoms. The highest BCUT2D eigenvalue weighted by molar-refractivity contribution is 8.11. The van der Waals surface area contributed by atoms with Crippen LogP contribution in [0.1, 0.15) is 25.0 Å². The van der Waals surface area contributed by atoms with Gasteiger partial charge in [-0.1, -0.05) is 59.3 Å². The Morgan fingerprint density at radius 2 is 1.28 bits per heavy atom. The first-order chi connectivity index (χ1) is 12.3. The summed E-state index contributed by atoms with van der Waals surface area (Å²) in [6.07, 6.45) is 2.37. The van der Waals surface area contributed by atoms with E-state index in [4.69, 9.17) is 0 Å². The van der Waals surface area contributed by atoms with Crippen LogP contribution < -0.4 is 0 Å². The number of rotatable bonds is 9. The zero-order valence-electron chi connectivity index (χ0n) is 14.1. The van der Waals surface area contributed by atoms with Crippen LogP contribution in [-0.2, 0) is 17.6 Å². The third-order valence-corrected chi connectivity index (χ3v) is 4.57. The van der Waals surface area contributed by atoms with Gasteiger partial charge in [0.1, 0.15) is 24.3 Å². The molecular weight excluding hydrogens is 354 g/mol. The topological polar surface area (TPSA) is 69.8 Å². The number of aryl methyl sites for hydroxylation is 2. The Kier molecular flexibility index (Phi) is 8.14. The van der Waals surface area contributed by atoms with Crippen LogP contribution in [0.25, 0.3) is 0 Å². The van der Waals surface area contributed by atoms with Crippen LogP contribution in [0.5, 0.6) is 0 Å². The van der Waals surface area contributed by atoms with E-state index in [9.17, 15) is 4.79 Å². The Morgan fingerprint density at radius 1 is 0.840 bits per heavy atom. The highest BCUT2D eigenvalue weighted by Gasteiger charge is 2.04. The van der Waals surface area contributed by atoms with E-state index in [-0.39, 0.29) is 0 Å². The lowest BCUT2D eigenvalue weighted by atomic mass is 10.1. The molecule has 6 nitrogen and oxygen atoms in total. The standard InChI is InChI=1S/C17H19N5OS2/c1-3-14-9-5-7-11-16(14)18-20-24-22(13-23)25-21-19-17-12-8-6-10-15(17)4-2/h5-13H,3-4H2,1-2H3. The van der Waals surface area contributed by atoms with Crippen molar-refractivity contribution in [2.75, 3.05) is 0 Å². The van der Waals surface area contributed by atoms with Crippen molar-refractivity contribution in [3.63, 3.8) is 0 Å². The largest absolute Gasteiger partial charge is 0.277 e.